The lowest BCUT2D eigenvalue weighted by Crippen LogP contribution is -2.37. The van der Waals surface area contributed by atoms with Crippen LogP contribution < -0.4 is 5.32 Å². The van der Waals surface area contributed by atoms with Gasteiger partial charge in [0.2, 0.25) is 6.04 Å². The van der Waals surface area contributed by atoms with E-state index in [1.807, 2.05) is 61.5 Å². The molecule has 4 atom stereocenters. The van der Waals surface area contributed by atoms with E-state index in [0.717, 1.165) is 16.7 Å². The maximum absolute atomic E-state index is 12.3. The van der Waals surface area contributed by atoms with Crippen LogP contribution in [-0.2, 0) is 9.53 Å². The van der Waals surface area contributed by atoms with Crippen molar-refractivity contribution in [2.45, 2.75) is 31.0 Å². The first-order valence-corrected chi connectivity index (χ1v) is 8.12. The summed E-state index contributed by atoms with van der Waals surface area (Å²) in [6.45, 7) is 1.95. The Morgan fingerprint density at radius 3 is 2.28 bits per heavy atom. The van der Waals surface area contributed by atoms with Crippen molar-refractivity contribution in [3.63, 3.8) is 0 Å². The van der Waals surface area contributed by atoms with E-state index in [1.54, 1.807) is 0 Å². The minimum Gasteiger partial charge on any atom is -0.468 e. The third-order valence-electron chi connectivity index (χ3n) is 4.75. The van der Waals surface area contributed by atoms with Gasteiger partial charge in [-0.15, -0.1) is 0 Å². The molecular formula is C19H20N2O4. The number of nitrogens with zero attached hydrogens (tertiary/aromatic N) is 1. The first-order valence-electron chi connectivity index (χ1n) is 8.12. The minimum atomic E-state index is -0.964. The molecule has 1 saturated heterocycles. The normalized spacial score (nSPS) is 25.5. The maximum atomic E-state index is 12.3. The molecule has 25 heavy (non-hydrogen) atoms. The third kappa shape index (κ3) is 3.25. The van der Waals surface area contributed by atoms with E-state index >= 15 is 0 Å². The van der Waals surface area contributed by atoms with Crippen LogP contribution in [0.15, 0.2) is 54.6 Å². The summed E-state index contributed by atoms with van der Waals surface area (Å²) in [5.41, 5.74) is 2.60. The first kappa shape index (κ1) is 17.1. The second-order valence-electron chi connectivity index (χ2n) is 6.27. The fourth-order valence-corrected chi connectivity index (χ4v) is 3.53. The van der Waals surface area contributed by atoms with Crippen LogP contribution in [0.4, 0.5) is 0 Å². The number of esters is 1. The fourth-order valence-electron chi connectivity index (χ4n) is 3.53. The number of carbonyl (C=O) groups excluding carboxylic acids is 1. The zero-order valence-electron chi connectivity index (χ0n) is 14.1. The molecule has 0 aromatic heterocycles. The number of nitro groups is 1. The van der Waals surface area contributed by atoms with Crippen LogP contribution in [-0.4, -0.2) is 30.1 Å². The van der Waals surface area contributed by atoms with Gasteiger partial charge in [-0.2, -0.15) is 0 Å². The summed E-state index contributed by atoms with van der Waals surface area (Å²) >= 11 is 0. The highest BCUT2D eigenvalue weighted by Crippen LogP contribution is 2.40. The summed E-state index contributed by atoms with van der Waals surface area (Å²) in [4.78, 5) is 23.9. The van der Waals surface area contributed by atoms with Gasteiger partial charge >= 0.3 is 5.97 Å². The van der Waals surface area contributed by atoms with E-state index in [2.05, 4.69) is 5.32 Å². The number of ether oxygens (including phenoxy) is 1. The molecule has 130 valence electrons. The van der Waals surface area contributed by atoms with Crippen LogP contribution in [0.5, 0.6) is 0 Å². The summed E-state index contributed by atoms with van der Waals surface area (Å²) in [6.07, 6.45) is 0. The van der Waals surface area contributed by atoms with E-state index in [9.17, 15) is 14.9 Å². The van der Waals surface area contributed by atoms with Crippen LogP contribution in [0.3, 0.4) is 0 Å². The third-order valence-corrected chi connectivity index (χ3v) is 4.75. The van der Waals surface area contributed by atoms with Crippen molar-refractivity contribution in [3.05, 3.63) is 81.4 Å². The topological polar surface area (TPSA) is 81.5 Å². The van der Waals surface area contributed by atoms with E-state index in [-0.39, 0.29) is 4.92 Å². The average Bonchev–Trinajstić information content (AvgIpc) is 3.03. The first-order chi connectivity index (χ1) is 12.0. The Bertz CT molecular complexity index is 761. The number of nitrogens with one attached hydrogen (secondary N) is 1. The number of carbonyl (C=O) groups is 1. The smallest absolute Gasteiger partial charge is 0.323 e. The summed E-state index contributed by atoms with van der Waals surface area (Å²) in [5.74, 6) is -1.09. The molecule has 3 rings (SSSR count). The van der Waals surface area contributed by atoms with Crippen molar-refractivity contribution in [2.75, 3.05) is 7.11 Å². The highest BCUT2D eigenvalue weighted by Gasteiger charge is 2.54. The zero-order valence-corrected chi connectivity index (χ0v) is 14.1. The van der Waals surface area contributed by atoms with Gasteiger partial charge in [-0.25, -0.2) is 0 Å². The number of aryl methyl sites for hydroxylation is 1. The lowest BCUT2D eigenvalue weighted by molar-refractivity contribution is -0.527. The molecule has 0 amide bonds. The number of hydrogen-bond donors (Lipinski definition) is 1. The van der Waals surface area contributed by atoms with E-state index in [1.165, 1.54) is 7.11 Å². The van der Waals surface area contributed by atoms with Gasteiger partial charge in [0, 0.05) is 4.92 Å². The zero-order chi connectivity index (χ0) is 18.0. The Hall–Kier alpha value is -2.73. The molecule has 2 aromatic carbocycles. The van der Waals surface area contributed by atoms with Crippen LogP contribution >= 0.6 is 0 Å². The highest BCUT2D eigenvalue weighted by atomic mass is 16.6. The molecule has 0 unspecified atom stereocenters. The van der Waals surface area contributed by atoms with Gasteiger partial charge in [0.15, 0.2) is 0 Å². The van der Waals surface area contributed by atoms with E-state index in [0.29, 0.717) is 0 Å². The minimum absolute atomic E-state index is 0.294. The molecule has 0 radical (unpaired) electrons. The molecule has 1 heterocycles. The van der Waals surface area contributed by atoms with E-state index < -0.39 is 30.0 Å². The van der Waals surface area contributed by atoms with Crippen molar-refractivity contribution in [1.29, 1.82) is 0 Å². The number of methoxy groups -OCH3 is 1. The predicted molar refractivity (Wildman–Crippen MR) is 92.8 cm³/mol. The molecule has 1 N–H and O–H groups in total. The van der Waals surface area contributed by atoms with Crippen molar-refractivity contribution in [3.8, 4) is 0 Å². The molecule has 6 nitrogen and oxygen atoms in total. The lowest BCUT2D eigenvalue weighted by atomic mass is 9.85. The molecule has 0 spiro atoms. The van der Waals surface area contributed by atoms with Crippen molar-refractivity contribution < 1.29 is 14.5 Å². The second kappa shape index (κ2) is 7.03. The Morgan fingerprint density at radius 1 is 1.08 bits per heavy atom. The molecule has 2 aromatic rings. The summed E-state index contributed by atoms with van der Waals surface area (Å²) < 4.78 is 4.90. The predicted octanol–water partition coefficient (Wildman–Crippen LogP) is 2.61. The summed E-state index contributed by atoms with van der Waals surface area (Å²) in [7, 11) is 1.30. The quantitative estimate of drug-likeness (QED) is 0.526. The van der Waals surface area contributed by atoms with Crippen LogP contribution in [0.2, 0.25) is 0 Å². The van der Waals surface area contributed by atoms with Gasteiger partial charge in [-0.05, 0) is 18.1 Å². The Kier molecular flexibility index (Phi) is 4.81. The van der Waals surface area contributed by atoms with Crippen molar-refractivity contribution in [1.82, 2.24) is 5.32 Å². The fraction of sp³-hybridized carbons (Fsp3) is 0.316. The second-order valence-corrected chi connectivity index (χ2v) is 6.27. The van der Waals surface area contributed by atoms with Crippen molar-refractivity contribution in [2.24, 2.45) is 0 Å². The molecular weight excluding hydrogens is 320 g/mol. The summed E-state index contributed by atoms with van der Waals surface area (Å²) in [5, 5.41) is 15.0. The molecule has 6 heteroatoms. The number of benzene rings is 2. The molecule has 1 aliphatic rings. The van der Waals surface area contributed by atoms with Gasteiger partial charge in [-0.3, -0.25) is 20.2 Å². The molecule has 1 aliphatic heterocycles. The van der Waals surface area contributed by atoms with Crippen LogP contribution in [0.25, 0.3) is 0 Å². The molecule has 0 aliphatic carbocycles. The van der Waals surface area contributed by atoms with Gasteiger partial charge in [0.05, 0.1) is 13.0 Å². The monoisotopic (exact) mass is 340 g/mol. The summed E-state index contributed by atoms with van der Waals surface area (Å²) in [6, 6.07) is 14.4. The number of hydrogen-bond acceptors (Lipinski definition) is 5. The van der Waals surface area contributed by atoms with Gasteiger partial charge in [0.25, 0.3) is 0 Å². The van der Waals surface area contributed by atoms with Crippen molar-refractivity contribution >= 4 is 5.97 Å². The van der Waals surface area contributed by atoms with Gasteiger partial charge in [0.1, 0.15) is 12.1 Å². The number of rotatable bonds is 4. The molecule has 1 fully saturated rings. The van der Waals surface area contributed by atoms with E-state index in [4.69, 9.17) is 4.74 Å². The van der Waals surface area contributed by atoms with Gasteiger partial charge < -0.3 is 4.74 Å². The SMILES string of the molecule is COC(=O)[C@H]1N[C@@H](c2ccccc2)[C@H]([N+](=O)[O-])[C@H]1c1ccc(C)cc1. The molecule has 0 saturated carbocycles. The van der Waals surface area contributed by atoms with Crippen LogP contribution in [0, 0.1) is 17.0 Å². The Morgan fingerprint density at radius 2 is 1.72 bits per heavy atom. The average molecular weight is 340 g/mol. The Labute approximate surface area is 146 Å². The standard InChI is InChI=1S/C19H20N2O4/c1-12-8-10-13(11-9-12)15-17(19(22)25-2)20-16(18(15)21(23)24)14-6-4-3-5-7-14/h3-11,15-18,20H,1-2H3/t15-,16-,17-,18+/m0/s1. The molecule has 0 bridgehead atoms. The van der Waals surface area contributed by atoms with Crippen LogP contribution in [0.1, 0.15) is 28.7 Å². The highest BCUT2D eigenvalue weighted by molar-refractivity contribution is 5.78. The van der Waals surface area contributed by atoms with Gasteiger partial charge in [-0.1, -0.05) is 60.2 Å². The Balaban J connectivity index is 2.08. The lowest BCUT2D eigenvalue weighted by Gasteiger charge is -2.19. The maximum Gasteiger partial charge on any atom is 0.323 e. The largest absolute Gasteiger partial charge is 0.468 e.